The van der Waals surface area contributed by atoms with Crippen molar-refractivity contribution in [1.29, 1.82) is 0 Å². The Morgan fingerprint density at radius 2 is 1.71 bits per heavy atom. The quantitative estimate of drug-likeness (QED) is 0.455. The van der Waals surface area contributed by atoms with Crippen LogP contribution in [0.3, 0.4) is 0 Å². The van der Waals surface area contributed by atoms with Crippen LogP contribution in [-0.4, -0.2) is 85.1 Å². The van der Waals surface area contributed by atoms with Gasteiger partial charge in [-0.3, -0.25) is 19.3 Å². The van der Waals surface area contributed by atoms with E-state index in [9.17, 15) is 19.5 Å². The molecule has 4 fully saturated rings. The number of para-hydroxylation sites is 1. The lowest BCUT2D eigenvalue weighted by molar-refractivity contribution is -0.174. The Balaban J connectivity index is 1.40. The number of hydrogen-bond acceptors (Lipinski definition) is 9. The van der Waals surface area contributed by atoms with Crippen LogP contribution in [0.5, 0.6) is 0 Å². The summed E-state index contributed by atoms with van der Waals surface area (Å²) in [4.78, 5) is 42.2. The van der Waals surface area contributed by atoms with Crippen molar-refractivity contribution < 1.29 is 33.7 Å². The molecule has 0 bridgehead atoms. The third-order valence-electron chi connectivity index (χ3n) is 9.50. The van der Waals surface area contributed by atoms with Crippen LogP contribution < -0.4 is 4.90 Å². The average Bonchev–Trinajstić information content (AvgIpc) is 3.26. The van der Waals surface area contributed by atoms with Gasteiger partial charge in [0.25, 0.3) is 0 Å². The maximum atomic E-state index is 13.3. The molecule has 2 saturated carbocycles. The number of carbonyl (C=O) groups excluding carboxylic acids is 3. The molecule has 2 saturated heterocycles. The van der Waals surface area contributed by atoms with Gasteiger partial charge in [0.15, 0.2) is 0 Å². The van der Waals surface area contributed by atoms with Gasteiger partial charge in [0.2, 0.25) is 0 Å². The molecule has 9 nitrogen and oxygen atoms in total. The number of carbonyl (C=O) groups is 3. The predicted molar refractivity (Wildman–Crippen MR) is 139 cm³/mol. The van der Waals surface area contributed by atoms with E-state index in [0.717, 1.165) is 26.2 Å². The highest BCUT2D eigenvalue weighted by Gasteiger charge is 2.67. The SMILES string of the molecule is CC(=O)O[C@H]1C[C@H](O)[C@@]2(C)[C@@H]1[C@@H](C)C[C@H]1OC(=O)[C@H](CN3CCN(c4ccccc4)CC3)[C@H]1[C@@H]2OC(C)=O. The highest BCUT2D eigenvalue weighted by Crippen LogP contribution is 2.59. The number of aliphatic hydroxyl groups is 1. The van der Waals surface area contributed by atoms with E-state index in [0.29, 0.717) is 13.0 Å². The van der Waals surface area contributed by atoms with Crippen LogP contribution in [0, 0.1) is 29.1 Å². The molecule has 9 atom stereocenters. The molecule has 2 aliphatic heterocycles. The molecule has 0 aromatic heterocycles. The van der Waals surface area contributed by atoms with Crippen molar-refractivity contribution in [2.45, 2.75) is 65.0 Å². The molecular formula is C29H40N2O7. The zero-order valence-corrected chi connectivity index (χ0v) is 22.7. The fourth-order valence-corrected chi connectivity index (χ4v) is 7.89. The monoisotopic (exact) mass is 528 g/mol. The zero-order valence-electron chi connectivity index (χ0n) is 22.7. The van der Waals surface area contributed by atoms with Crippen molar-refractivity contribution in [2.75, 3.05) is 37.6 Å². The fourth-order valence-electron chi connectivity index (χ4n) is 7.89. The molecule has 0 unspecified atom stereocenters. The Kier molecular flexibility index (Phi) is 7.44. The lowest BCUT2D eigenvalue weighted by atomic mass is 9.66. The van der Waals surface area contributed by atoms with Crippen molar-refractivity contribution in [1.82, 2.24) is 4.90 Å². The van der Waals surface area contributed by atoms with Crippen molar-refractivity contribution >= 4 is 23.6 Å². The molecule has 1 aromatic rings. The highest BCUT2D eigenvalue weighted by molar-refractivity contribution is 5.76. The number of piperazine rings is 1. The molecule has 1 N–H and O–H groups in total. The zero-order chi connectivity index (χ0) is 27.2. The van der Waals surface area contributed by atoms with Crippen molar-refractivity contribution in [3.63, 3.8) is 0 Å². The number of nitrogens with zero attached hydrogens (tertiary/aromatic N) is 2. The summed E-state index contributed by atoms with van der Waals surface area (Å²) in [5.41, 5.74) is 0.305. The maximum absolute atomic E-state index is 13.3. The molecule has 2 heterocycles. The number of benzene rings is 1. The summed E-state index contributed by atoms with van der Waals surface area (Å²) in [6.07, 6.45) is -1.66. The van der Waals surface area contributed by atoms with E-state index in [4.69, 9.17) is 14.2 Å². The van der Waals surface area contributed by atoms with Gasteiger partial charge in [0.1, 0.15) is 18.3 Å². The molecule has 5 rings (SSSR count). The van der Waals surface area contributed by atoms with Gasteiger partial charge < -0.3 is 24.2 Å². The second-order valence-corrected chi connectivity index (χ2v) is 11.8. The average molecular weight is 529 g/mol. The molecule has 0 amide bonds. The van der Waals surface area contributed by atoms with Crippen molar-refractivity contribution in [3.8, 4) is 0 Å². The van der Waals surface area contributed by atoms with Crippen molar-refractivity contribution in [2.24, 2.45) is 29.1 Å². The van der Waals surface area contributed by atoms with Gasteiger partial charge in [-0.2, -0.15) is 0 Å². The summed E-state index contributed by atoms with van der Waals surface area (Å²) < 4.78 is 17.7. The van der Waals surface area contributed by atoms with Crippen LogP contribution in [0.4, 0.5) is 5.69 Å². The first-order chi connectivity index (χ1) is 18.1. The first kappa shape index (κ1) is 26.9. The Morgan fingerprint density at radius 3 is 2.34 bits per heavy atom. The molecule has 208 valence electrons. The van der Waals surface area contributed by atoms with Gasteiger partial charge in [-0.05, 0) is 24.5 Å². The number of ether oxygens (including phenoxy) is 3. The molecular weight excluding hydrogens is 488 g/mol. The molecule has 0 spiro atoms. The second-order valence-electron chi connectivity index (χ2n) is 11.8. The Labute approximate surface area is 224 Å². The molecule has 4 aliphatic rings. The fraction of sp³-hybridized carbons (Fsp3) is 0.690. The van der Waals surface area contributed by atoms with Crippen LogP contribution in [0.15, 0.2) is 30.3 Å². The number of fused-ring (bicyclic) bond motifs is 2. The van der Waals surface area contributed by atoms with E-state index in [1.807, 2.05) is 25.1 Å². The molecule has 1 aromatic carbocycles. The van der Waals surface area contributed by atoms with Gasteiger partial charge in [0, 0.05) is 75.9 Å². The van der Waals surface area contributed by atoms with Crippen LogP contribution in [-0.2, 0) is 28.6 Å². The predicted octanol–water partition coefficient (Wildman–Crippen LogP) is 2.26. The number of esters is 3. The Morgan fingerprint density at radius 1 is 1.05 bits per heavy atom. The topological polar surface area (TPSA) is 106 Å². The van der Waals surface area contributed by atoms with Crippen LogP contribution in [0.25, 0.3) is 0 Å². The first-order valence-corrected chi connectivity index (χ1v) is 13.8. The lowest BCUT2D eigenvalue weighted by Gasteiger charge is -2.44. The van der Waals surface area contributed by atoms with E-state index < -0.39 is 47.7 Å². The van der Waals surface area contributed by atoms with Crippen LogP contribution >= 0.6 is 0 Å². The van der Waals surface area contributed by atoms with Gasteiger partial charge in [-0.1, -0.05) is 32.0 Å². The normalized spacial score (nSPS) is 39.1. The minimum absolute atomic E-state index is 0.0180. The van der Waals surface area contributed by atoms with Crippen LogP contribution in [0.1, 0.15) is 40.5 Å². The molecule has 38 heavy (non-hydrogen) atoms. The van der Waals surface area contributed by atoms with E-state index in [1.165, 1.54) is 19.5 Å². The lowest BCUT2D eigenvalue weighted by Crippen LogP contribution is -2.54. The first-order valence-electron chi connectivity index (χ1n) is 13.8. The molecule has 2 aliphatic carbocycles. The largest absolute Gasteiger partial charge is 0.462 e. The number of anilines is 1. The van der Waals surface area contributed by atoms with E-state index in [2.05, 4.69) is 28.9 Å². The summed E-state index contributed by atoms with van der Waals surface area (Å²) in [5, 5.41) is 11.4. The van der Waals surface area contributed by atoms with Gasteiger partial charge in [0.05, 0.1) is 12.0 Å². The summed E-state index contributed by atoms with van der Waals surface area (Å²) in [6.45, 7) is 10.5. The summed E-state index contributed by atoms with van der Waals surface area (Å²) in [6, 6.07) is 10.3. The minimum atomic E-state index is -0.886. The highest BCUT2D eigenvalue weighted by atomic mass is 16.6. The second kappa shape index (κ2) is 10.5. The summed E-state index contributed by atoms with van der Waals surface area (Å²) in [5.74, 6) is -2.23. The van der Waals surface area contributed by atoms with Crippen LogP contribution in [0.2, 0.25) is 0 Å². The van der Waals surface area contributed by atoms with Gasteiger partial charge >= 0.3 is 17.9 Å². The van der Waals surface area contributed by atoms with E-state index in [1.54, 1.807) is 0 Å². The minimum Gasteiger partial charge on any atom is -0.462 e. The Bertz CT molecular complexity index is 1040. The third-order valence-corrected chi connectivity index (χ3v) is 9.50. The molecule has 0 radical (unpaired) electrons. The summed E-state index contributed by atoms with van der Waals surface area (Å²) in [7, 11) is 0. The molecule has 9 heteroatoms. The van der Waals surface area contributed by atoms with Gasteiger partial charge in [-0.15, -0.1) is 0 Å². The summed E-state index contributed by atoms with van der Waals surface area (Å²) >= 11 is 0. The van der Waals surface area contributed by atoms with E-state index >= 15 is 0 Å². The Hall–Kier alpha value is -2.65. The van der Waals surface area contributed by atoms with E-state index in [-0.39, 0.29) is 30.1 Å². The third kappa shape index (κ3) is 4.79. The maximum Gasteiger partial charge on any atom is 0.311 e. The standard InChI is InChI=1S/C29H40N2O7/c1-17-14-22-25(27(37-19(3)33)29(4)24(34)15-23(26(17)29)36-18(2)32)21(28(35)38-22)16-30-10-12-31(13-11-30)20-8-6-5-7-9-20/h5-9,17,21-27,34H,10-16H2,1-4H3/t17-,21+,22+,23-,24-,25+,26+,27-,29-/m0/s1. The number of aliphatic hydroxyl groups excluding tert-OH is 1. The smallest absolute Gasteiger partial charge is 0.311 e. The number of rotatable bonds is 5. The van der Waals surface area contributed by atoms with Gasteiger partial charge in [-0.25, -0.2) is 0 Å². The number of hydrogen-bond donors (Lipinski definition) is 1. The van der Waals surface area contributed by atoms with Crippen molar-refractivity contribution in [3.05, 3.63) is 30.3 Å².